The number of anilines is 2. The van der Waals surface area contributed by atoms with Crippen LogP contribution in [0.25, 0.3) is 10.8 Å². The molecular weight excluding hydrogens is 298 g/mol. The molecule has 0 heterocycles. The van der Waals surface area contributed by atoms with Gasteiger partial charge in [-0.25, -0.2) is 0 Å². The molecule has 0 fully saturated rings. The smallest absolute Gasteiger partial charge is 0.243 e. The second kappa shape index (κ2) is 6.84. The lowest BCUT2D eigenvalue weighted by Gasteiger charge is -2.19. The Bertz CT molecular complexity index is 910. The second-order valence-corrected chi connectivity index (χ2v) is 5.62. The molecule has 4 heteroatoms. The Balaban J connectivity index is 1.67. The van der Waals surface area contributed by atoms with Crippen molar-refractivity contribution in [1.82, 2.24) is 0 Å². The SMILES string of the molecule is CN(CC(=O)Nc1ccc(C#N)cc1)c1ccc2ccccc2c1. The Kier molecular flexibility index (Phi) is 4.44. The van der Waals surface area contributed by atoms with Crippen LogP contribution in [0.5, 0.6) is 0 Å². The van der Waals surface area contributed by atoms with Crippen molar-refractivity contribution in [1.29, 1.82) is 5.26 Å². The van der Waals surface area contributed by atoms with E-state index in [0.29, 0.717) is 11.3 Å². The zero-order chi connectivity index (χ0) is 16.9. The van der Waals surface area contributed by atoms with Crippen molar-refractivity contribution in [3.63, 3.8) is 0 Å². The molecule has 0 unspecified atom stereocenters. The maximum atomic E-state index is 12.2. The summed E-state index contributed by atoms with van der Waals surface area (Å²) < 4.78 is 0. The maximum Gasteiger partial charge on any atom is 0.243 e. The van der Waals surface area contributed by atoms with Crippen LogP contribution < -0.4 is 10.2 Å². The van der Waals surface area contributed by atoms with Crippen molar-refractivity contribution in [2.75, 3.05) is 23.8 Å². The lowest BCUT2D eigenvalue weighted by atomic mass is 10.1. The average Bonchev–Trinajstić information content (AvgIpc) is 2.61. The summed E-state index contributed by atoms with van der Waals surface area (Å²) in [6.07, 6.45) is 0. The first-order chi connectivity index (χ1) is 11.7. The highest BCUT2D eigenvalue weighted by Crippen LogP contribution is 2.21. The van der Waals surface area contributed by atoms with Gasteiger partial charge in [-0.2, -0.15) is 5.26 Å². The summed E-state index contributed by atoms with van der Waals surface area (Å²) >= 11 is 0. The second-order valence-electron chi connectivity index (χ2n) is 5.62. The Hall–Kier alpha value is -3.32. The van der Waals surface area contributed by atoms with Crippen molar-refractivity contribution < 1.29 is 4.79 Å². The average molecular weight is 315 g/mol. The van der Waals surface area contributed by atoms with Gasteiger partial charge in [0.2, 0.25) is 5.91 Å². The number of nitrogens with zero attached hydrogens (tertiary/aromatic N) is 2. The zero-order valence-corrected chi connectivity index (χ0v) is 13.4. The van der Waals surface area contributed by atoms with E-state index in [1.165, 1.54) is 5.39 Å². The van der Waals surface area contributed by atoms with E-state index in [0.717, 1.165) is 11.1 Å². The third kappa shape index (κ3) is 3.53. The van der Waals surface area contributed by atoms with Gasteiger partial charge in [0.05, 0.1) is 18.2 Å². The van der Waals surface area contributed by atoms with E-state index in [9.17, 15) is 4.79 Å². The van der Waals surface area contributed by atoms with E-state index in [-0.39, 0.29) is 12.5 Å². The molecule has 4 nitrogen and oxygen atoms in total. The number of amides is 1. The third-order valence-corrected chi connectivity index (χ3v) is 3.85. The van der Waals surface area contributed by atoms with Crippen LogP contribution in [0.15, 0.2) is 66.7 Å². The van der Waals surface area contributed by atoms with Gasteiger partial charge in [0.1, 0.15) is 0 Å². The van der Waals surface area contributed by atoms with Gasteiger partial charge in [0.25, 0.3) is 0 Å². The maximum absolute atomic E-state index is 12.2. The van der Waals surface area contributed by atoms with Gasteiger partial charge < -0.3 is 10.2 Å². The molecule has 0 aliphatic carbocycles. The number of hydrogen-bond donors (Lipinski definition) is 1. The van der Waals surface area contributed by atoms with E-state index in [4.69, 9.17) is 5.26 Å². The number of likely N-dealkylation sites (N-methyl/N-ethyl adjacent to an activating group) is 1. The molecule has 0 aromatic heterocycles. The van der Waals surface area contributed by atoms with Gasteiger partial charge in [0, 0.05) is 18.4 Å². The van der Waals surface area contributed by atoms with Gasteiger partial charge >= 0.3 is 0 Å². The monoisotopic (exact) mass is 315 g/mol. The van der Waals surface area contributed by atoms with Crippen LogP contribution in [-0.2, 0) is 4.79 Å². The number of benzene rings is 3. The molecular formula is C20H17N3O. The quantitative estimate of drug-likeness (QED) is 0.797. The van der Waals surface area contributed by atoms with E-state index in [1.807, 2.05) is 30.1 Å². The molecule has 3 aromatic carbocycles. The van der Waals surface area contributed by atoms with Gasteiger partial charge in [-0.15, -0.1) is 0 Å². The molecule has 0 atom stereocenters. The summed E-state index contributed by atoms with van der Waals surface area (Å²) in [6, 6.07) is 23.2. The number of nitriles is 1. The largest absolute Gasteiger partial charge is 0.365 e. The summed E-state index contributed by atoms with van der Waals surface area (Å²) in [5, 5.41) is 14.0. The first-order valence-electron chi connectivity index (χ1n) is 7.66. The van der Waals surface area contributed by atoms with E-state index >= 15 is 0 Å². The van der Waals surface area contributed by atoms with Crippen LogP contribution in [0.4, 0.5) is 11.4 Å². The Morgan fingerprint density at radius 2 is 1.75 bits per heavy atom. The summed E-state index contributed by atoms with van der Waals surface area (Å²) in [6.45, 7) is 0.248. The highest BCUT2D eigenvalue weighted by Gasteiger charge is 2.08. The fourth-order valence-electron chi connectivity index (χ4n) is 2.55. The topological polar surface area (TPSA) is 56.1 Å². The molecule has 1 amide bonds. The van der Waals surface area contributed by atoms with E-state index < -0.39 is 0 Å². The van der Waals surface area contributed by atoms with E-state index in [2.05, 4.69) is 35.7 Å². The number of rotatable bonds is 4. The normalized spacial score (nSPS) is 10.2. The lowest BCUT2D eigenvalue weighted by Crippen LogP contribution is -2.30. The molecule has 3 rings (SSSR count). The highest BCUT2D eigenvalue weighted by molar-refractivity contribution is 5.94. The van der Waals surface area contributed by atoms with Crippen LogP contribution in [0.3, 0.4) is 0 Å². The predicted octanol–water partition coefficient (Wildman–Crippen LogP) is 3.79. The number of carbonyl (C=O) groups excluding carboxylic acids is 1. The van der Waals surface area contributed by atoms with Crippen molar-refractivity contribution in [2.45, 2.75) is 0 Å². The summed E-state index contributed by atoms with van der Waals surface area (Å²) in [5.41, 5.74) is 2.25. The summed E-state index contributed by atoms with van der Waals surface area (Å²) in [7, 11) is 1.89. The Morgan fingerprint density at radius 1 is 1.04 bits per heavy atom. The van der Waals surface area contributed by atoms with Crippen LogP contribution in [0.1, 0.15) is 5.56 Å². The van der Waals surface area contributed by atoms with Crippen molar-refractivity contribution in [2.24, 2.45) is 0 Å². The standard InChI is InChI=1S/C20H17N3O/c1-23(19-11-8-16-4-2-3-5-17(16)12-19)14-20(24)22-18-9-6-15(13-21)7-10-18/h2-12H,14H2,1H3,(H,22,24). The van der Waals surface area contributed by atoms with Crippen LogP contribution in [0, 0.1) is 11.3 Å². The van der Waals surface area contributed by atoms with Crippen LogP contribution in [-0.4, -0.2) is 19.5 Å². The number of fused-ring (bicyclic) bond motifs is 1. The predicted molar refractivity (Wildman–Crippen MR) is 97.0 cm³/mol. The molecule has 3 aromatic rings. The van der Waals surface area contributed by atoms with Crippen LogP contribution in [0.2, 0.25) is 0 Å². The molecule has 0 aliphatic rings. The number of nitrogens with one attached hydrogen (secondary N) is 1. The Morgan fingerprint density at radius 3 is 2.46 bits per heavy atom. The molecule has 0 radical (unpaired) electrons. The molecule has 0 saturated carbocycles. The molecule has 0 bridgehead atoms. The number of hydrogen-bond acceptors (Lipinski definition) is 3. The van der Waals surface area contributed by atoms with Crippen molar-refractivity contribution in [3.05, 3.63) is 72.3 Å². The molecule has 118 valence electrons. The molecule has 24 heavy (non-hydrogen) atoms. The Labute approximate surface area is 140 Å². The fraction of sp³-hybridized carbons (Fsp3) is 0.100. The summed E-state index contributed by atoms with van der Waals surface area (Å²) in [4.78, 5) is 14.1. The van der Waals surface area contributed by atoms with Gasteiger partial charge in [0.15, 0.2) is 0 Å². The minimum atomic E-state index is -0.102. The van der Waals surface area contributed by atoms with Gasteiger partial charge in [-0.05, 0) is 47.2 Å². The summed E-state index contributed by atoms with van der Waals surface area (Å²) in [5.74, 6) is -0.102. The molecule has 0 saturated heterocycles. The van der Waals surface area contributed by atoms with Gasteiger partial charge in [-0.3, -0.25) is 4.79 Å². The number of carbonyl (C=O) groups is 1. The molecule has 0 aliphatic heterocycles. The third-order valence-electron chi connectivity index (χ3n) is 3.85. The minimum absolute atomic E-state index is 0.102. The van der Waals surface area contributed by atoms with Crippen molar-refractivity contribution in [3.8, 4) is 6.07 Å². The molecule has 1 N–H and O–H groups in total. The van der Waals surface area contributed by atoms with Crippen LogP contribution >= 0.6 is 0 Å². The van der Waals surface area contributed by atoms with E-state index in [1.54, 1.807) is 24.3 Å². The lowest BCUT2D eigenvalue weighted by molar-refractivity contribution is -0.114. The molecule has 0 spiro atoms. The fourth-order valence-corrected chi connectivity index (χ4v) is 2.55. The first-order valence-corrected chi connectivity index (χ1v) is 7.66. The first kappa shape index (κ1) is 15.6. The van der Waals surface area contributed by atoms with Gasteiger partial charge in [-0.1, -0.05) is 30.3 Å². The zero-order valence-electron chi connectivity index (χ0n) is 13.4. The van der Waals surface area contributed by atoms with Crippen molar-refractivity contribution >= 4 is 28.1 Å². The highest BCUT2D eigenvalue weighted by atomic mass is 16.2. The minimum Gasteiger partial charge on any atom is -0.365 e.